The van der Waals surface area contributed by atoms with Gasteiger partial charge in [0.05, 0.1) is 18.2 Å². The number of amides is 3. The molecule has 1 aromatic carbocycles. The molecule has 31 heavy (non-hydrogen) atoms. The number of hydrogen-bond donors (Lipinski definition) is 0. The fourth-order valence-electron chi connectivity index (χ4n) is 3.77. The van der Waals surface area contributed by atoms with Gasteiger partial charge in [-0.15, -0.1) is 0 Å². The molecule has 1 saturated heterocycles. The van der Waals surface area contributed by atoms with Crippen molar-refractivity contribution in [2.45, 2.75) is 44.6 Å². The van der Waals surface area contributed by atoms with Crippen LogP contribution in [-0.2, 0) is 19.8 Å². The first-order chi connectivity index (χ1) is 14.8. The van der Waals surface area contributed by atoms with Crippen molar-refractivity contribution in [2.75, 3.05) is 20.2 Å². The van der Waals surface area contributed by atoms with Crippen molar-refractivity contribution in [3.05, 3.63) is 60.4 Å². The van der Waals surface area contributed by atoms with Gasteiger partial charge in [-0.2, -0.15) is 0 Å². The van der Waals surface area contributed by atoms with Crippen LogP contribution in [0, 0.1) is 0 Å². The predicted octanol–water partition coefficient (Wildman–Crippen LogP) is 2.80. The highest BCUT2D eigenvalue weighted by Gasteiger charge is 2.53. The Morgan fingerprint density at radius 3 is 2.58 bits per heavy atom. The number of likely N-dealkylation sites (tertiary alicyclic amines) is 1. The number of ether oxygens (including phenoxy) is 1. The Morgan fingerprint density at radius 1 is 1.19 bits per heavy atom. The molecule has 3 rings (SSSR count). The summed E-state index contributed by atoms with van der Waals surface area (Å²) in [5.74, 6) is -0.0740. The molecule has 164 valence electrons. The van der Waals surface area contributed by atoms with Crippen LogP contribution in [0.5, 0.6) is 5.75 Å². The Kier molecular flexibility index (Phi) is 7.05. The Bertz CT molecular complexity index is 917. The van der Waals surface area contributed by atoms with Gasteiger partial charge in [-0.05, 0) is 38.0 Å². The zero-order valence-corrected chi connectivity index (χ0v) is 18.3. The second-order valence-corrected chi connectivity index (χ2v) is 8.14. The van der Waals surface area contributed by atoms with Gasteiger partial charge in [0.2, 0.25) is 17.7 Å². The van der Waals surface area contributed by atoms with E-state index in [9.17, 15) is 14.4 Å². The van der Waals surface area contributed by atoms with Gasteiger partial charge in [-0.25, -0.2) is 0 Å². The lowest BCUT2D eigenvalue weighted by molar-refractivity contribution is -0.142. The summed E-state index contributed by atoms with van der Waals surface area (Å²) in [6.45, 7) is 4.45. The molecule has 1 atom stereocenters. The van der Waals surface area contributed by atoms with Gasteiger partial charge in [0, 0.05) is 38.7 Å². The highest BCUT2D eigenvalue weighted by Crippen LogP contribution is 2.40. The molecule has 3 amide bonds. The number of hydrogen-bond acceptors (Lipinski definition) is 5. The number of pyridine rings is 1. The van der Waals surface area contributed by atoms with Gasteiger partial charge in [-0.3, -0.25) is 24.3 Å². The topological polar surface area (TPSA) is 79.8 Å². The maximum absolute atomic E-state index is 13.5. The number of carbonyl (C=O) groups is 3. The maximum Gasteiger partial charge on any atom is 0.240 e. The van der Waals surface area contributed by atoms with E-state index in [1.165, 1.54) is 4.90 Å². The molecular formula is C24H29N3O4. The Hall–Kier alpha value is -3.22. The van der Waals surface area contributed by atoms with Crippen molar-refractivity contribution < 1.29 is 19.1 Å². The van der Waals surface area contributed by atoms with Gasteiger partial charge in [-0.1, -0.05) is 30.3 Å². The summed E-state index contributed by atoms with van der Waals surface area (Å²) in [4.78, 5) is 46.2. The smallest absolute Gasteiger partial charge is 0.240 e. The van der Waals surface area contributed by atoms with E-state index >= 15 is 0 Å². The largest absolute Gasteiger partial charge is 0.492 e. The summed E-state index contributed by atoms with van der Waals surface area (Å²) in [5.41, 5.74) is -0.462. The van der Waals surface area contributed by atoms with E-state index in [4.69, 9.17) is 4.74 Å². The highest BCUT2D eigenvalue weighted by atomic mass is 16.5. The Labute approximate surface area is 183 Å². The van der Waals surface area contributed by atoms with E-state index < -0.39 is 5.41 Å². The Balaban J connectivity index is 1.75. The first-order valence-corrected chi connectivity index (χ1v) is 10.5. The molecule has 1 aliphatic rings. The number of benzene rings is 1. The summed E-state index contributed by atoms with van der Waals surface area (Å²) in [6.07, 6.45) is 3.74. The van der Waals surface area contributed by atoms with E-state index in [2.05, 4.69) is 4.98 Å². The van der Waals surface area contributed by atoms with Crippen LogP contribution >= 0.6 is 0 Å². The van der Waals surface area contributed by atoms with Gasteiger partial charge >= 0.3 is 0 Å². The van der Waals surface area contributed by atoms with Crippen LogP contribution in [0.1, 0.15) is 38.7 Å². The highest BCUT2D eigenvalue weighted by molar-refractivity contribution is 6.10. The summed E-state index contributed by atoms with van der Waals surface area (Å²) < 4.78 is 5.62. The van der Waals surface area contributed by atoms with E-state index in [0.29, 0.717) is 24.3 Å². The van der Waals surface area contributed by atoms with Crippen molar-refractivity contribution in [1.29, 1.82) is 0 Å². The molecule has 1 aromatic heterocycles. The lowest BCUT2D eigenvalue weighted by Gasteiger charge is -2.30. The normalized spacial score (nSPS) is 18.5. The third kappa shape index (κ3) is 4.93. The SMILES string of the molecule is CC(C)N(C)C(=O)C[C@@]1(c2ccccc2)CC(=O)N(CCCOc2cccnc2)C1=O. The van der Waals surface area contributed by atoms with Crippen LogP contribution in [0.2, 0.25) is 0 Å². The quantitative estimate of drug-likeness (QED) is 0.458. The molecule has 0 bridgehead atoms. The molecule has 0 spiro atoms. The van der Waals surface area contributed by atoms with Crippen molar-refractivity contribution in [2.24, 2.45) is 0 Å². The van der Waals surface area contributed by atoms with Crippen molar-refractivity contribution in [1.82, 2.24) is 14.8 Å². The van der Waals surface area contributed by atoms with Crippen LogP contribution in [0.4, 0.5) is 0 Å². The third-order valence-electron chi connectivity index (χ3n) is 5.79. The summed E-state index contributed by atoms with van der Waals surface area (Å²) in [5, 5.41) is 0. The molecule has 1 aliphatic heterocycles. The minimum Gasteiger partial charge on any atom is -0.492 e. The summed E-state index contributed by atoms with van der Waals surface area (Å²) in [7, 11) is 1.72. The first-order valence-electron chi connectivity index (χ1n) is 10.5. The van der Waals surface area contributed by atoms with Gasteiger partial charge in [0.25, 0.3) is 0 Å². The maximum atomic E-state index is 13.5. The van der Waals surface area contributed by atoms with Crippen LogP contribution < -0.4 is 4.74 Å². The van der Waals surface area contributed by atoms with Gasteiger partial charge in [0.15, 0.2) is 0 Å². The molecule has 0 unspecified atom stereocenters. The zero-order valence-electron chi connectivity index (χ0n) is 18.3. The monoisotopic (exact) mass is 423 g/mol. The standard InChI is InChI=1S/C24H29N3O4/c1-18(2)26(3)21(28)15-24(19-9-5-4-6-10-19)16-22(29)27(23(24)30)13-8-14-31-20-11-7-12-25-17-20/h4-7,9-12,17-18H,8,13-16H2,1-3H3/t24-/m0/s1. The third-order valence-corrected chi connectivity index (χ3v) is 5.79. The zero-order chi connectivity index (χ0) is 22.4. The average molecular weight is 424 g/mol. The second-order valence-electron chi connectivity index (χ2n) is 8.14. The van der Waals surface area contributed by atoms with Crippen molar-refractivity contribution >= 4 is 17.7 Å². The molecule has 2 heterocycles. The number of carbonyl (C=O) groups excluding carboxylic acids is 3. The van der Waals surface area contributed by atoms with Crippen molar-refractivity contribution in [3.63, 3.8) is 0 Å². The van der Waals surface area contributed by atoms with Crippen LogP contribution in [0.15, 0.2) is 54.9 Å². The molecule has 1 fully saturated rings. The van der Waals surface area contributed by atoms with Crippen molar-refractivity contribution in [3.8, 4) is 5.75 Å². The summed E-state index contributed by atoms with van der Waals surface area (Å²) in [6, 6.07) is 12.7. The number of imide groups is 1. The van der Waals surface area contributed by atoms with Crippen LogP contribution in [0.25, 0.3) is 0 Å². The van der Waals surface area contributed by atoms with Crippen LogP contribution in [0.3, 0.4) is 0 Å². The molecule has 0 saturated carbocycles. The number of nitrogens with zero attached hydrogens (tertiary/aromatic N) is 3. The van der Waals surface area contributed by atoms with E-state index in [-0.39, 0.29) is 43.1 Å². The Morgan fingerprint density at radius 2 is 1.94 bits per heavy atom. The molecule has 0 aliphatic carbocycles. The minimum absolute atomic E-state index is 0.00299. The molecule has 2 aromatic rings. The molecule has 7 nitrogen and oxygen atoms in total. The van der Waals surface area contributed by atoms with E-state index in [0.717, 1.165) is 0 Å². The molecule has 0 N–H and O–H groups in total. The van der Waals surface area contributed by atoms with Gasteiger partial charge < -0.3 is 9.64 Å². The minimum atomic E-state index is -1.16. The van der Waals surface area contributed by atoms with Crippen LogP contribution in [-0.4, -0.2) is 58.7 Å². The number of aromatic nitrogens is 1. The lowest BCUT2D eigenvalue weighted by atomic mass is 9.75. The average Bonchev–Trinajstić information content (AvgIpc) is 3.02. The fraction of sp³-hybridized carbons (Fsp3) is 0.417. The van der Waals surface area contributed by atoms with E-state index in [1.54, 1.807) is 36.5 Å². The van der Waals surface area contributed by atoms with Gasteiger partial charge in [0.1, 0.15) is 5.75 Å². The second kappa shape index (κ2) is 9.73. The summed E-state index contributed by atoms with van der Waals surface area (Å²) >= 11 is 0. The first kappa shape index (κ1) is 22.5. The fourth-order valence-corrected chi connectivity index (χ4v) is 3.77. The van der Waals surface area contributed by atoms with E-state index in [1.807, 2.05) is 44.2 Å². The lowest BCUT2D eigenvalue weighted by Crippen LogP contribution is -2.44. The molecule has 0 radical (unpaired) electrons. The predicted molar refractivity (Wildman–Crippen MR) is 116 cm³/mol. The number of rotatable bonds is 9. The molecular weight excluding hydrogens is 394 g/mol. The molecule has 7 heteroatoms.